The highest BCUT2D eigenvalue weighted by atomic mass is 16.5. The molecule has 25 heavy (non-hydrogen) atoms. The Morgan fingerprint density at radius 2 is 2.16 bits per heavy atom. The molecule has 2 unspecified atom stereocenters. The molecule has 0 fully saturated rings. The minimum absolute atomic E-state index is 0.150. The molecule has 140 valence electrons. The number of ether oxygens (including phenoxy) is 2. The van der Waals surface area contributed by atoms with Gasteiger partial charge in [0.2, 0.25) is 0 Å². The summed E-state index contributed by atoms with van der Waals surface area (Å²) in [6.07, 6.45) is 0.276. The van der Waals surface area contributed by atoms with Crippen molar-refractivity contribution < 1.29 is 14.6 Å². The van der Waals surface area contributed by atoms with Crippen LogP contribution >= 0.6 is 0 Å². The summed E-state index contributed by atoms with van der Waals surface area (Å²) in [5.41, 5.74) is 1.14. The van der Waals surface area contributed by atoms with E-state index in [0.717, 1.165) is 24.3 Å². The van der Waals surface area contributed by atoms with Gasteiger partial charge in [-0.2, -0.15) is 0 Å². The Bertz CT molecular complexity index is 548. The summed E-state index contributed by atoms with van der Waals surface area (Å²) < 4.78 is 11.2. The molecule has 0 saturated heterocycles. The standard InChI is InChI=1S/C19H31N3O3/c1-4-20-19(21-11-15(23)13-24-12-14(2)3)22-17-9-10-25-18-8-6-5-7-16(17)18/h5-8,14-15,17,23H,4,9-13H2,1-3H3,(H2,20,21,22). The van der Waals surface area contributed by atoms with E-state index in [9.17, 15) is 5.11 Å². The van der Waals surface area contributed by atoms with Crippen LogP contribution in [0.5, 0.6) is 5.75 Å². The topological polar surface area (TPSA) is 75.1 Å². The summed E-state index contributed by atoms with van der Waals surface area (Å²) >= 11 is 0. The van der Waals surface area contributed by atoms with E-state index in [1.807, 2.05) is 25.1 Å². The van der Waals surface area contributed by atoms with Crippen LogP contribution in [0.15, 0.2) is 29.3 Å². The van der Waals surface area contributed by atoms with Crippen LogP contribution in [0.2, 0.25) is 0 Å². The summed E-state index contributed by atoms with van der Waals surface area (Å²) in [5.74, 6) is 2.08. The number of aliphatic imine (C=N–C) groups is 1. The van der Waals surface area contributed by atoms with Crippen LogP contribution < -0.4 is 15.4 Å². The van der Waals surface area contributed by atoms with Crippen molar-refractivity contribution >= 4 is 5.96 Å². The van der Waals surface area contributed by atoms with Gasteiger partial charge >= 0.3 is 0 Å². The molecule has 2 rings (SSSR count). The number of nitrogens with one attached hydrogen (secondary N) is 2. The quantitative estimate of drug-likeness (QED) is 0.495. The zero-order chi connectivity index (χ0) is 18.1. The molecule has 1 aromatic carbocycles. The lowest BCUT2D eigenvalue weighted by atomic mass is 10.0. The van der Waals surface area contributed by atoms with E-state index in [-0.39, 0.29) is 6.04 Å². The maximum Gasteiger partial charge on any atom is 0.191 e. The number of hydrogen-bond acceptors (Lipinski definition) is 4. The Kier molecular flexibility index (Phi) is 8.01. The smallest absolute Gasteiger partial charge is 0.191 e. The molecule has 0 amide bonds. The van der Waals surface area contributed by atoms with Crippen molar-refractivity contribution in [2.24, 2.45) is 10.9 Å². The first-order valence-electron chi connectivity index (χ1n) is 9.12. The van der Waals surface area contributed by atoms with Crippen molar-refractivity contribution in [3.05, 3.63) is 29.8 Å². The number of fused-ring (bicyclic) bond motifs is 1. The zero-order valence-corrected chi connectivity index (χ0v) is 15.5. The van der Waals surface area contributed by atoms with Gasteiger partial charge in [-0.05, 0) is 18.9 Å². The average Bonchev–Trinajstić information content (AvgIpc) is 2.60. The Balaban J connectivity index is 1.92. The number of nitrogens with zero attached hydrogens (tertiary/aromatic N) is 1. The fraction of sp³-hybridized carbons (Fsp3) is 0.632. The predicted octanol–water partition coefficient (Wildman–Crippen LogP) is 2.10. The number of benzene rings is 1. The molecule has 0 aliphatic carbocycles. The van der Waals surface area contributed by atoms with Crippen molar-refractivity contribution in [3.8, 4) is 5.75 Å². The fourth-order valence-electron chi connectivity index (χ4n) is 2.67. The van der Waals surface area contributed by atoms with Gasteiger partial charge in [0.25, 0.3) is 0 Å². The number of aliphatic hydroxyl groups excluding tert-OH is 1. The number of aliphatic hydroxyl groups is 1. The van der Waals surface area contributed by atoms with Crippen LogP contribution in [-0.4, -0.2) is 50.1 Å². The molecule has 1 aromatic rings. The lowest BCUT2D eigenvalue weighted by molar-refractivity contribution is 0.0301. The minimum Gasteiger partial charge on any atom is -0.493 e. The fourth-order valence-corrected chi connectivity index (χ4v) is 2.67. The first kappa shape index (κ1) is 19.5. The Labute approximate surface area is 150 Å². The van der Waals surface area contributed by atoms with Crippen LogP contribution in [0.4, 0.5) is 0 Å². The molecule has 0 aromatic heterocycles. The zero-order valence-electron chi connectivity index (χ0n) is 15.5. The van der Waals surface area contributed by atoms with E-state index in [1.165, 1.54) is 0 Å². The Morgan fingerprint density at radius 3 is 2.92 bits per heavy atom. The molecule has 2 atom stereocenters. The molecule has 6 heteroatoms. The van der Waals surface area contributed by atoms with Gasteiger partial charge in [-0.1, -0.05) is 32.0 Å². The van der Waals surface area contributed by atoms with Crippen LogP contribution in [0, 0.1) is 5.92 Å². The lowest BCUT2D eigenvalue weighted by Crippen LogP contribution is -2.41. The van der Waals surface area contributed by atoms with Gasteiger partial charge in [0.15, 0.2) is 5.96 Å². The van der Waals surface area contributed by atoms with Gasteiger partial charge in [0.1, 0.15) is 5.75 Å². The van der Waals surface area contributed by atoms with Crippen LogP contribution in [0.1, 0.15) is 38.8 Å². The van der Waals surface area contributed by atoms with Gasteiger partial charge < -0.3 is 25.2 Å². The molecule has 0 saturated carbocycles. The normalized spacial score (nSPS) is 18.4. The second kappa shape index (κ2) is 10.3. The molecule has 1 aliphatic rings. The van der Waals surface area contributed by atoms with Crippen molar-refractivity contribution in [2.45, 2.75) is 39.3 Å². The molecule has 6 nitrogen and oxygen atoms in total. The van der Waals surface area contributed by atoms with E-state index in [4.69, 9.17) is 9.47 Å². The van der Waals surface area contributed by atoms with Crippen molar-refractivity contribution in [1.29, 1.82) is 0 Å². The van der Waals surface area contributed by atoms with Gasteiger partial charge in [-0.15, -0.1) is 0 Å². The second-order valence-electron chi connectivity index (χ2n) is 6.68. The number of hydrogen-bond donors (Lipinski definition) is 3. The third kappa shape index (κ3) is 6.55. The molecule has 0 spiro atoms. The van der Waals surface area contributed by atoms with Gasteiger partial charge in [0.05, 0.1) is 31.9 Å². The Morgan fingerprint density at radius 1 is 1.36 bits per heavy atom. The molecule has 1 heterocycles. The number of para-hydroxylation sites is 1. The van der Waals surface area contributed by atoms with Gasteiger partial charge in [0, 0.05) is 25.1 Å². The highest BCUT2D eigenvalue weighted by molar-refractivity contribution is 5.80. The highest BCUT2D eigenvalue weighted by Gasteiger charge is 2.21. The molecular weight excluding hydrogens is 318 g/mol. The first-order valence-corrected chi connectivity index (χ1v) is 9.12. The third-order valence-corrected chi connectivity index (χ3v) is 3.84. The van der Waals surface area contributed by atoms with Crippen LogP contribution in [-0.2, 0) is 4.74 Å². The molecular formula is C19H31N3O3. The molecule has 1 aliphatic heterocycles. The SMILES string of the molecule is CCNC(=NCC(O)COCC(C)C)NC1CCOc2ccccc21. The van der Waals surface area contributed by atoms with E-state index in [0.29, 0.717) is 38.2 Å². The highest BCUT2D eigenvalue weighted by Crippen LogP contribution is 2.31. The molecule has 3 N–H and O–H groups in total. The van der Waals surface area contributed by atoms with Gasteiger partial charge in [-0.3, -0.25) is 4.99 Å². The largest absolute Gasteiger partial charge is 0.493 e. The monoisotopic (exact) mass is 349 g/mol. The van der Waals surface area contributed by atoms with Gasteiger partial charge in [-0.25, -0.2) is 0 Å². The van der Waals surface area contributed by atoms with E-state index in [1.54, 1.807) is 0 Å². The van der Waals surface area contributed by atoms with Crippen molar-refractivity contribution in [1.82, 2.24) is 10.6 Å². The van der Waals surface area contributed by atoms with Crippen LogP contribution in [0.3, 0.4) is 0 Å². The molecule has 0 radical (unpaired) electrons. The van der Waals surface area contributed by atoms with E-state index < -0.39 is 6.10 Å². The molecule has 0 bridgehead atoms. The van der Waals surface area contributed by atoms with Crippen molar-refractivity contribution in [3.63, 3.8) is 0 Å². The predicted molar refractivity (Wildman–Crippen MR) is 100 cm³/mol. The maximum absolute atomic E-state index is 10.0. The summed E-state index contributed by atoms with van der Waals surface area (Å²) in [6, 6.07) is 8.21. The minimum atomic E-state index is -0.601. The van der Waals surface area contributed by atoms with E-state index in [2.05, 4.69) is 35.5 Å². The summed E-state index contributed by atoms with van der Waals surface area (Å²) in [4.78, 5) is 4.50. The van der Waals surface area contributed by atoms with Crippen molar-refractivity contribution in [2.75, 3.05) is 32.9 Å². The average molecular weight is 349 g/mol. The number of guanidine groups is 1. The van der Waals surface area contributed by atoms with Crippen LogP contribution in [0.25, 0.3) is 0 Å². The summed E-state index contributed by atoms with van der Waals surface area (Å²) in [7, 11) is 0. The summed E-state index contributed by atoms with van der Waals surface area (Å²) in [5, 5.41) is 16.7. The maximum atomic E-state index is 10.0. The summed E-state index contributed by atoms with van der Waals surface area (Å²) in [6.45, 7) is 8.90. The third-order valence-electron chi connectivity index (χ3n) is 3.84. The van der Waals surface area contributed by atoms with E-state index >= 15 is 0 Å². The number of rotatable bonds is 8. The Hall–Kier alpha value is -1.79. The second-order valence-corrected chi connectivity index (χ2v) is 6.68. The first-order chi connectivity index (χ1) is 12.1. The lowest BCUT2D eigenvalue weighted by Gasteiger charge is -2.28.